The number of carbonyl (C=O) groups is 2. The molecule has 3 rings (SSSR count). The minimum Gasteiger partial charge on any atom is -0.343 e. The van der Waals surface area contributed by atoms with Gasteiger partial charge in [-0.3, -0.25) is 9.59 Å². The van der Waals surface area contributed by atoms with E-state index in [2.05, 4.69) is 17.4 Å². The first kappa shape index (κ1) is 17.2. The minimum atomic E-state index is -0.202. The molecule has 130 valence electrons. The van der Waals surface area contributed by atoms with Crippen LogP contribution in [-0.2, 0) is 4.79 Å². The Hall–Kier alpha value is -2.62. The maximum absolute atomic E-state index is 12.6. The molecule has 1 aliphatic heterocycles. The van der Waals surface area contributed by atoms with Crippen molar-refractivity contribution in [2.75, 3.05) is 13.1 Å². The van der Waals surface area contributed by atoms with Crippen molar-refractivity contribution in [3.8, 4) is 0 Å². The summed E-state index contributed by atoms with van der Waals surface area (Å²) in [5, 5.41) is 2.76. The van der Waals surface area contributed by atoms with Crippen LogP contribution in [0.4, 0.5) is 0 Å². The van der Waals surface area contributed by atoms with E-state index in [4.69, 9.17) is 0 Å². The smallest absolute Gasteiger partial charge is 0.251 e. The molecule has 4 nitrogen and oxygen atoms in total. The monoisotopic (exact) mass is 336 g/mol. The summed E-state index contributed by atoms with van der Waals surface area (Å²) in [6.07, 6.45) is 1.97. The normalized spacial score (nSPS) is 16.7. The highest BCUT2D eigenvalue weighted by atomic mass is 16.2. The van der Waals surface area contributed by atoms with E-state index in [1.165, 1.54) is 0 Å². The molecule has 0 saturated carbocycles. The first-order valence-electron chi connectivity index (χ1n) is 8.76. The third-order valence-electron chi connectivity index (χ3n) is 4.93. The van der Waals surface area contributed by atoms with E-state index < -0.39 is 0 Å². The van der Waals surface area contributed by atoms with Crippen LogP contribution in [0.3, 0.4) is 0 Å². The molecule has 1 N–H and O–H groups in total. The number of nitrogens with one attached hydrogen (secondary N) is 1. The van der Waals surface area contributed by atoms with Gasteiger partial charge in [-0.05, 0) is 55.5 Å². The molecule has 2 amide bonds. The molecular weight excluding hydrogens is 312 g/mol. The molecule has 1 atom stereocenters. The van der Waals surface area contributed by atoms with Crippen LogP contribution in [0.2, 0.25) is 0 Å². The highest BCUT2D eigenvalue weighted by Crippen LogP contribution is 2.31. The first-order valence-corrected chi connectivity index (χ1v) is 8.76. The summed E-state index contributed by atoms with van der Waals surface area (Å²) in [5.41, 5.74) is 3.98. The number of hydrogen-bond donors (Lipinski definition) is 1. The van der Waals surface area contributed by atoms with E-state index in [1.54, 1.807) is 6.07 Å². The molecule has 25 heavy (non-hydrogen) atoms. The fourth-order valence-corrected chi connectivity index (χ4v) is 3.33. The van der Waals surface area contributed by atoms with Crippen molar-refractivity contribution < 1.29 is 9.59 Å². The average Bonchev–Trinajstić information content (AvgIpc) is 3.12. The second kappa shape index (κ2) is 7.51. The van der Waals surface area contributed by atoms with Gasteiger partial charge in [0.15, 0.2) is 0 Å². The highest BCUT2D eigenvalue weighted by molar-refractivity contribution is 5.96. The Labute approximate surface area is 148 Å². The number of hydrogen-bond acceptors (Lipinski definition) is 2. The van der Waals surface area contributed by atoms with Crippen LogP contribution in [0.1, 0.15) is 45.9 Å². The van der Waals surface area contributed by atoms with E-state index in [0.29, 0.717) is 5.56 Å². The van der Waals surface area contributed by atoms with Gasteiger partial charge in [0.05, 0.1) is 12.6 Å². The summed E-state index contributed by atoms with van der Waals surface area (Å²) in [7, 11) is 0. The van der Waals surface area contributed by atoms with Gasteiger partial charge in [0.1, 0.15) is 0 Å². The summed E-state index contributed by atoms with van der Waals surface area (Å²) < 4.78 is 0. The van der Waals surface area contributed by atoms with Crippen LogP contribution in [0.5, 0.6) is 0 Å². The van der Waals surface area contributed by atoms with E-state index in [-0.39, 0.29) is 24.4 Å². The number of aryl methyl sites for hydroxylation is 2. The number of carbonyl (C=O) groups excluding carboxylic acids is 2. The lowest BCUT2D eigenvalue weighted by atomic mass is 10.0. The van der Waals surface area contributed by atoms with Crippen LogP contribution < -0.4 is 5.32 Å². The zero-order chi connectivity index (χ0) is 17.8. The third-order valence-corrected chi connectivity index (χ3v) is 4.93. The molecule has 1 aliphatic rings. The Balaban J connectivity index is 1.62. The lowest BCUT2D eigenvalue weighted by Gasteiger charge is -2.25. The Bertz CT molecular complexity index is 771. The van der Waals surface area contributed by atoms with Gasteiger partial charge in [0.2, 0.25) is 5.91 Å². The van der Waals surface area contributed by atoms with Crippen LogP contribution in [0.15, 0.2) is 48.5 Å². The zero-order valence-electron chi connectivity index (χ0n) is 14.8. The van der Waals surface area contributed by atoms with Crippen molar-refractivity contribution in [1.82, 2.24) is 10.2 Å². The molecule has 0 aliphatic carbocycles. The Morgan fingerprint density at radius 3 is 2.56 bits per heavy atom. The molecule has 2 aromatic carbocycles. The van der Waals surface area contributed by atoms with Crippen molar-refractivity contribution in [3.63, 3.8) is 0 Å². The third kappa shape index (κ3) is 3.90. The molecule has 1 fully saturated rings. The Morgan fingerprint density at radius 1 is 1.08 bits per heavy atom. The van der Waals surface area contributed by atoms with Crippen LogP contribution in [0, 0.1) is 13.8 Å². The first-order chi connectivity index (χ1) is 12.1. The minimum absolute atomic E-state index is 0.0245. The predicted octanol–water partition coefficient (Wildman–Crippen LogP) is 3.40. The van der Waals surface area contributed by atoms with Gasteiger partial charge >= 0.3 is 0 Å². The molecule has 0 unspecified atom stereocenters. The van der Waals surface area contributed by atoms with E-state index in [9.17, 15) is 9.59 Å². The Kier molecular flexibility index (Phi) is 5.17. The van der Waals surface area contributed by atoms with Gasteiger partial charge < -0.3 is 10.2 Å². The number of nitrogens with zero attached hydrogens (tertiary/aromatic N) is 1. The maximum Gasteiger partial charge on any atom is 0.251 e. The molecule has 0 spiro atoms. The summed E-state index contributed by atoms with van der Waals surface area (Å²) >= 11 is 0. The standard InChI is InChI=1S/C21H24N2O2/c1-15-10-11-18(13-16(15)2)21(25)22-14-20(24)23-12-6-9-19(23)17-7-4-3-5-8-17/h3-5,7-8,10-11,13,19H,6,9,12,14H2,1-2H3,(H,22,25)/t19-/m0/s1. The van der Waals surface area contributed by atoms with Crippen molar-refractivity contribution in [3.05, 3.63) is 70.8 Å². The van der Waals surface area contributed by atoms with Gasteiger partial charge in [-0.1, -0.05) is 36.4 Å². The largest absolute Gasteiger partial charge is 0.343 e. The molecule has 0 aromatic heterocycles. The van der Waals surface area contributed by atoms with E-state index in [0.717, 1.165) is 36.1 Å². The number of rotatable bonds is 4. The lowest BCUT2D eigenvalue weighted by Crippen LogP contribution is -2.39. The van der Waals surface area contributed by atoms with Crippen molar-refractivity contribution in [2.24, 2.45) is 0 Å². The molecule has 0 radical (unpaired) electrons. The van der Waals surface area contributed by atoms with Gasteiger partial charge in [0, 0.05) is 12.1 Å². The quantitative estimate of drug-likeness (QED) is 0.930. The van der Waals surface area contributed by atoms with Crippen molar-refractivity contribution in [2.45, 2.75) is 32.7 Å². The van der Waals surface area contributed by atoms with Gasteiger partial charge in [-0.15, -0.1) is 0 Å². The number of amides is 2. The van der Waals surface area contributed by atoms with E-state index >= 15 is 0 Å². The number of benzene rings is 2. The van der Waals surface area contributed by atoms with Gasteiger partial charge in [-0.2, -0.15) is 0 Å². The Morgan fingerprint density at radius 2 is 1.84 bits per heavy atom. The fourth-order valence-electron chi connectivity index (χ4n) is 3.33. The second-order valence-electron chi connectivity index (χ2n) is 6.64. The fraction of sp³-hybridized carbons (Fsp3) is 0.333. The molecule has 1 saturated heterocycles. The second-order valence-corrected chi connectivity index (χ2v) is 6.64. The predicted molar refractivity (Wildman–Crippen MR) is 98.4 cm³/mol. The summed E-state index contributed by atoms with van der Waals surface area (Å²) in [4.78, 5) is 26.8. The maximum atomic E-state index is 12.6. The summed E-state index contributed by atoms with van der Waals surface area (Å²) in [6, 6.07) is 15.8. The molecule has 2 aromatic rings. The zero-order valence-corrected chi connectivity index (χ0v) is 14.8. The van der Waals surface area contributed by atoms with Crippen molar-refractivity contribution >= 4 is 11.8 Å². The SMILES string of the molecule is Cc1ccc(C(=O)NCC(=O)N2CCC[C@H]2c2ccccc2)cc1C. The van der Waals surface area contributed by atoms with Crippen molar-refractivity contribution in [1.29, 1.82) is 0 Å². The molecular formula is C21H24N2O2. The average molecular weight is 336 g/mol. The molecule has 1 heterocycles. The number of likely N-dealkylation sites (tertiary alicyclic amines) is 1. The topological polar surface area (TPSA) is 49.4 Å². The lowest BCUT2D eigenvalue weighted by molar-refractivity contribution is -0.131. The van der Waals surface area contributed by atoms with Gasteiger partial charge in [-0.25, -0.2) is 0 Å². The van der Waals surface area contributed by atoms with Crippen LogP contribution >= 0.6 is 0 Å². The van der Waals surface area contributed by atoms with Gasteiger partial charge in [0.25, 0.3) is 5.91 Å². The molecule has 4 heteroatoms. The highest BCUT2D eigenvalue weighted by Gasteiger charge is 2.29. The summed E-state index contributed by atoms with van der Waals surface area (Å²) in [5.74, 6) is -0.226. The van der Waals surface area contributed by atoms with E-state index in [1.807, 2.05) is 49.1 Å². The molecule has 0 bridgehead atoms. The summed E-state index contributed by atoms with van der Waals surface area (Å²) in [6.45, 7) is 4.77. The van der Waals surface area contributed by atoms with Crippen LogP contribution in [0.25, 0.3) is 0 Å². The van der Waals surface area contributed by atoms with Crippen LogP contribution in [-0.4, -0.2) is 29.8 Å².